The van der Waals surface area contributed by atoms with Gasteiger partial charge >= 0.3 is 5.97 Å². The van der Waals surface area contributed by atoms with Gasteiger partial charge in [0.2, 0.25) is 5.88 Å². The Morgan fingerprint density at radius 1 is 1.12 bits per heavy atom. The van der Waals surface area contributed by atoms with Crippen molar-refractivity contribution >= 4 is 18.2 Å². The van der Waals surface area contributed by atoms with Gasteiger partial charge in [0.25, 0.3) is 5.56 Å². The molecule has 0 aliphatic carbocycles. The highest BCUT2D eigenvalue weighted by molar-refractivity contribution is 7.71. The Kier molecular flexibility index (Phi) is 3.69. The predicted octanol–water partition coefficient (Wildman–Crippen LogP) is 3.00. The number of carbonyl (C=O) groups excluding carboxylic acids is 1. The second kappa shape index (κ2) is 5.92. The first kappa shape index (κ1) is 16.2. The van der Waals surface area contributed by atoms with E-state index >= 15 is 0 Å². The lowest BCUT2D eigenvalue weighted by atomic mass is 10.0. The van der Waals surface area contributed by atoms with Crippen LogP contribution in [0.1, 0.15) is 27.6 Å². The van der Waals surface area contributed by atoms with Crippen molar-refractivity contribution in [2.24, 2.45) is 0 Å². The summed E-state index contributed by atoms with van der Waals surface area (Å²) in [5.74, 6) is -1.83. The fraction of sp³-hybridized carbons (Fsp3) is 0.0556. The number of fused-ring (bicyclic) bond motifs is 1. The third kappa shape index (κ3) is 2.34. The number of H-pyrrole nitrogens is 1. The van der Waals surface area contributed by atoms with Gasteiger partial charge in [-0.3, -0.25) is 14.3 Å². The second-order valence-corrected chi connectivity index (χ2v) is 6.04. The molecular weight excluding hydrogens is 359 g/mol. The number of para-hydroxylation sites is 1. The number of hydrogen-bond donors (Lipinski definition) is 2. The first-order valence-electron chi connectivity index (χ1n) is 7.62. The van der Waals surface area contributed by atoms with Crippen LogP contribution < -0.4 is 5.56 Å². The normalized spacial score (nSPS) is 15.6. The fourth-order valence-electron chi connectivity index (χ4n) is 2.99. The number of benzene rings is 2. The van der Waals surface area contributed by atoms with Crippen LogP contribution in [0.5, 0.6) is 5.88 Å². The van der Waals surface area contributed by atoms with Crippen LogP contribution in [-0.4, -0.2) is 20.6 Å². The third-order valence-corrected chi connectivity index (χ3v) is 4.45. The third-order valence-electron chi connectivity index (χ3n) is 4.16. The van der Waals surface area contributed by atoms with Gasteiger partial charge in [-0.15, -0.1) is 0 Å². The maximum atomic E-state index is 14.2. The minimum absolute atomic E-state index is 0.0369. The first-order chi connectivity index (χ1) is 12.5. The van der Waals surface area contributed by atoms with Crippen molar-refractivity contribution in [2.45, 2.75) is 6.10 Å². The van der Waals surface area contributed by atoms with Crippen molar-refractivity contribution < 1.29 is 19.0 Å². The molecule has 130 valence electrons. The van der Waals surface area contributed by atoms with Crippen LogP contribution in [0.3, 0.4) is 0 Å². The quantitative estimate of drug-likeness (QED) is 0.535. The molecule has 2 aromatic carbocycles. The highest BCUT2D eigenvalue weighted by Crippen LogP contribution is 2.38. The van der Waals surface area contributed by atoms with Gasteiger partial charge in [-0.25, -0.2) is 9.18 Å². The number of hydrogen-bond acceptors (Lipinski definition) is 5. The molecule has 0 saturated carbocycles. The average Bonchev–Trinajstić information content (AvgIpc) is 2.93. The molecule has 0 spiro atoms. The number of aromatic hydroxyl groups is 1. The van der Waals surface area contributed by atoms with Gasteiger partial charge in [0.15, 0.2) is 10.9 Å². The molecule has 26 heavy (non-hydrogen) atoms. The largest absolute Gasteiger partial charge is 0.494 e. The maximum absolute atomic E-state index is 14.2. The van der Waals surface area contributed by atoms with E-state index in [4.69, 9.17) is 17.0 Å². The number of ether oxygens (including phenoxy) is 1. The molecule has 0 fully saturated rings. The van der Waals surface area contributed by atoms with E-state index in [1.165, 1.54) is 18.2 Å². The topological polar surface area (TPSA) is 84.3 Å². The summed E-state index contributed by atoms with van der Waals surface area (Å²) in [6.45, 7) is 0. The van der Waals surface area contributed by atoms with E-state index in [0.29, 0.717) is 11.1 Å². The van der Waals surface area contributed by atoms with Gasteiger partial charge in [0.05, 0.1) is 11.3 Å². The molecule has 4 rings (SSSR count). The van der Waals surface area contributed by atoms with E-state index in [1.54, 1.807) is 30.3 Å². The monoisotopic (exact) mass is 370 g/mol. The van der Waals surface area contributed by atoms with E-state index in [-0.39, 0.29) is 16.0 Å². The standard InChI is InChI=1S/C18H11FN2O4S/c19-11-7-3-4-8-12(11)21-16(23)13(15(22)20-18(21)26)14-9-5-1-2-6-10(9)17(24)25-14/h1-8,14,23H,(H,20,22,26). The Morgan fingerprint density at radius 2 is 1.81 bits per heavy atom. The molecule has 0 radical (unpaired) electrons. The zero-order chi connectivity index (χ0) is 18.4. The summed E-state index contributed by atoms with van der Waals surface area (Å²) in [7, 11) is 0. The molecule has 8 heteroatoms. The molecule has 0 saturated heterocycles. The molecule has 2 heterocycles. The SMILES string of the molecule is O=C1OC(c2c(O)n(-c3ccccc3F)c(=S)[nH]c2=O)c2ccccc21. The molecule has 6 nitrogen and oxygen atoms in total. The number of cyclic esters (lactones) is 1. The number of aromatic nitrogens is 2. The van der Waals surface area contributed by atoms with E-state index in [2.05, 4.69) is 4.98 Å². The van der Waals surface area contributed by atoms with Crippen LogP contribution in [0.25, 0.3) is 5.69 Å². The van der Waals surface area contributed by atoms with Crippen molar-refractivity contribution in [3.63, 3.8) is 0 Å². The zero-order valence-electron chi connectivity index (χ0n) is 13.1. The molecule has 3 aromatic rings. The molecule has 1 atom stereocenters. The number of halogens is 1. The van der Waals surface area contributed by atoms with E-state index in [1.807, 2.05) is 0 Å². The Balaban J connectivity index is 1.99. The van der Waals surface area contributed by atoms with Gasteiger partial charge in [0, 0.05) is 5.56 Å². The molecule has 2 N–H and O–H groups in total. The van der Waals surface area contributed by atoms with Gasteiger partial charge in [0.1, 0.15) is 11.4 Å². The second-order valence-electron chi connectivity index (χ2n) is 5.66. The summed E-state index contributed by atoms with van der Waals surface area (Å²) < 4.78 is 20.3. The minimum atomic E-state index is -1.11. The van der Waals surface area contributed by atoms with Crippen LogP contribution in [0.4, 0.5) is 4.39 Å². The maximum Gasteiger partial charge on any atom is 0.339 e. The molecule has 1 unspecified atom stereocenters. The Bertz CT molecular complexity index is 1170. The number of esters is 1. The molecule has 1 aromatic heterocycles. The number of nitrogens with one attached hydrogen (secondary N) is 1. The van der Waals surface area contributed by atoms with Gasteiger partial charge in [-0.2, -0.15) is 0 Å². The molecule has 1 aliphatic rings. The predicted molar refractivity (Wildman–Crippen MR) is 92.5 cm³/mol. The number of carbonyl (C=O) groups is 1. The van der Waals surface area contributed by atoms with Gasteiger partial charge < -0.3 is 9.84 Å². The molecule has 0 bridgehead atoms. The summed E-state index contributed by atoms with van der Waals surface area (Å²) in [6, 6.07) is 12.2. The Morgan fingerprint density at radius 3 is 2.58 bits per heavy atom. The Labute approximate surface area is 151 Å². The van der Waals surface area contributed by atoms with Crippen LogP contribution in [0.2, 0.25) is 0 Å². The summed E-state index contributed by atoms with van der Waals surface area (Å²) in [5, 5.41) is 10.7. The summed E-state index contributed by atoms with van der Waals surface area (Å²) in [5.41, 5.74) is -0.230. The fourth-order valence-corrected chi connectivity index (χ4v) is 3.27. The van der Waals surface area contributed by atoms with Crippen LogP contribution in [0.15, 0.2) is 53.3 Å². The average molecular weight is 370 g/mol. The summed E-state index contributed by atoms with van der Waals surface area (Å²) >= 11 is 5.08. The van der Waals surface area contributed by atoms with E-state index in [0.717, 1.165) is 4.57 Å². The molecular formula is C18H11FN2O4S. The van der Waals surface area contributed by atoms with Crippen molar-refractivity contribution in [2.75, 3.05) is 0 Å². The number of nitrogens with zero attached hydrogens (tertiary/aromatic N) is 1. The van der Waals surface area contributed by atoms with Gasteiger partial charge in [-0.1, -0.05) is 30.3 Å². The van der Waals surface area contributed by atoms with Crippen LogP contribution in [-0.2, 0) is 4.74 Å². The lowest BCUT2D eigenvalue weighted by Gasteiger charge is -2.16. The first-order valence-corrected chi connectivity index (χ1v) is 8.03. The van der Waals surface area contributed by atoms with E-state index in [9.17, 15) is 19.1 Å². The van der Waals surface area contributed by atoms with Crippen molar-refractivity contribution in [3.8, 4) is 11.6 Å². The van der Waals surface area contributed by atoms with Crippen LogP contribution >= 0.6 is 12.2 Å². The van der Waals surface area contributed by atoms with Crippen molar-refractivity contribution in [1.82, 2.24) is 9.55 Å². The van der Waals surface area contributed by atoms with Gasteiger partial charge in [-0.05, 0) is 30.4 Å². The zero-order valence-corrected chi connectivity index (χ0v) is 13.9. The minimum Gasteiger partial charge on any atom is -0.494 e. The Hall–Kier alpha value is -3.26. The number of rotatable bonds is 2. The van der Waals surface area contributed by atoms with E-state index < -0.39 is 29.3 Å². The summed E-state index contributed by atoms with van der Waals surface area (Å²) in [6.07, 6.45) is -1.11. The van der Waals surface area contributed by atoms with Crippen molar-refractivity contribution in [3.05, 3.63) is 86.2 Å². The highest BCUT2D eigenvalue weighted by atomic mass is 32.1. The molecule has 0 amide bonds. The van der Waals surface area contributed by atoms with Crippen LogP contribution in [0, 0.1) is 10.6 Å². The lowest BCUT2D eigenvalue weighted by molar-refractivity contribution is 0.0449. The molecule has 1 aliphatic heterocycles. The lowest BCUT2D eigenvalue weighted by Crippen LogP contribution is -2.22. The van der Waals surface area contributed by atoms with Crippen molar-refractivity contribution in [1.29, 1.82) is 0 Å². The highest BCUT2D eigenvalue weighted by Gasteiger charge is 2.36. The summed E-state index contributed by atoms with van der Waals surface area (Å²) in [4.78, 5) is 26.9. The smallest absolute Gasteiger partial charge is 0.339 e. The number of aromatic amines is 1.